The molecule has 114 valence electrons. The summed E-state index contributed by atoms with van der Waals surface area (Å²) in [7, 11) is 1.92. The molecule has 2 fully saturated rings. The zero-order valence-electron chi connectivity index (χ0n) is 11.6. The van der Waals surface area contributed by atoms with Gasteiger partial charge in [0, 0.05) is 12.3 Å². The van der Waals surface area contributed by atoms with E-state index >= 15 is 0 Å². The van der Waals surface area contributed by atoms with Crippen LogP contribution in [0.4, 0.5) is 4.79 Å². The minimum atomic E-state index is -0.645. The number of rotatable bonds is 4. The highest BCUT2D eigenvalue weighted by Crippen LogP contribution is 2.33. The third-order valence-electron chi connectivity index (χ3n) is 3.72. The standard InChI is InChI=1S/C13H16BrN3O2S2/c1-16(5-9-4-10(14)21-6-9)8-17-11(18)13(15-12(17)19)2-3-20-7-13/h4,6H,2-3,5,7-8H2,1H3,(H,15,19). The number of carbonyl (C=O) groups excluding carboxylic acids is 2. The number of hydrogen-bond acceptors (Lipinski definition) is 5. The van der Waals surface area contributed by atoms with Crippen molar-refractivity contribution >= 4 is 51.0 Å². The van der Waals surface area contributed by atoms with Crippen LogP contribution in [0.3, 0.4) is 0 Å². The first-order valence-corrected chi connectivity index (χ1v) is 9.46. The number of nitrogens with zero attached hydrogens (tertiary/aromatic N) is 2. The number of hydrogen-bond donors (Lipinski definition) is 1. The Balaban J connectivity index is 1.64. The highest BCUT2D eigenvalue weighted by molar-refractivity contribution is 9.11. The minimum Gasteiger partial charge on any atom is -0.322 e. The van der Waals surface area contributed by atoms with Crippen molar-refractivity contribution in [2.75, 3.05) is 25.2 Å². The van der Waals surface area contributed by atoms with Gasteiger partial charge < -0.3 is 5.32 Å². The van der Waals surface area contributed by atoms with Crippen molar-refractivity contribution in [3.63, 3.8) is 0 Å². The average Bonchev–Trinajstić information content (AvgIpc) is 3.09. The lowest BCUT2D eigenvalue weighted by Gasteiger charge is -2.23. The second kappa shape index (κ2) is 5.91. The Morgan fingerprint density at radius 3 is 2.95 bits per heavy atom. The summed E-state index contributed by atoms with van der Waals surface area (Å²) in [4.78, 5) is 27.9. The number of thioether (sulfide) groups is 1. The number of carbonyl (C=O) groups is 2. The van der Waals surface area contributed by atoms with Crippen molar-refractivity contribution in [3.8, 4) is 0 Å². The maximum atomic E-state index is 12.5. The Morgan fingerprint density at radius 2 is 2.33 bits per heavy atom. The molecule has 1 unspecified atom stereocenters. The normalized spacial score (nSPS) is 25.4. The first-order chi connectivity index (χ1) is 10.00. The number of urea groups is 1. The molecule has 0 radical (unpaired) electrons. The van der Waals surface area contributed by atoms with E-state index in [0.29, 0.717) is 19.0 Å². The van der Waals surface area contributed by atoms with Crippen molar-refractivity contribution in [3.05, 3.63) is 20.8 Å². The molecule has 3 heterocycles. The molecule has 8 heteroatoms. The van der Waals surface area contributed by atoms with Gasteiger partial charge >= 0.3 is 6.03 Å². The molecule has 2 aliphatic rings. The molecule has 2 aliphatic heterocycles. The summed E-state index contributed by atoms with van der Waals surface area (Å²) in [5, 5.41) is 4.96. The molecule has 0 aliphatic carbocycles. The fourth-order valence-corrected chi connectivity index (χ4v) is 5.19. The molecule has 0 aromatic carbocycles. The Kier molecular flexibility index (Phi) is 4.31. The first kappa shape index (κ1) is 15.3. The number of thiophene rings is 1. The van der Waals surface area contributed by atoms with E-state index in [9.17, 15) is 9.59 Å². The summed E-state index contributed by atoms with van der Waals surface area (Å²) in [6.07, 6.45) is 0.736. The van der Waals surface area contributed by atoms with Crippen LogP contribution in [-0.2, 0) is 11.3 Å². The molecule has 1 aromatic rings. The van der Waals surface area contributed by atoms with Gasteiger partial charge in [0.2, 0.25) is 0 Å². The molecular weight excluding hydrogens is 374 g/mol. The molecule has 0 saturated carbocycles. The van der Waals surface area contributed by atoms with Crippen LogP contribution < -0.4 is 5.32 Å². The molecule has 1 atom stereocenters. The topological polar surface area (TPSA) is 52.6 Å². The third-order valence-corrected chi connectivity index (χ3v) is 6.47. The van der Waals surface area contributed by atoms with E-state index in [1.165, 1.54) is 10.5 Å². The Hall–Kier alpha value is -0.570. The third kappa shape index (κ3) is 2.99. The predicted molar refractivity (Wildman–Crippen MR) is 88.4 cm³/mol. The molecule has 21 heavy (non-hydrogen) atoms. The van der Waals surface area contributed by atoms with Gasteiger partial charge in [0.1, 0.15) is 5.54 Å². The molecule has 3 rings (SSSR count). The van der Waals surface area contributed by atoms with Crippen LogP contribution in [0.15, 0.2) is 15.2 Å². The van der Waals surface area contributed by atoms with Gasteiger partial charge in [-0.1, -0.05) is 0 Å². The molecule has 1 N–H and O–H groups in total. The fraction of sp³-hybridized carbons (Fsp3) is 0.538. The molecular formula is C13H16BrN3O2S2. The molecule has 3 amide bonds. The molecule has 5 nitrogen and oxygen atoms in total. The van der Waals surface area contributed by atoms with Crippen LogP contribution in [0.25, 0.3) is 0 Å². The highest BCUT2D eigenvalue weighted by Gasteiger charge is 2.52. The Labute approximate surface area is 140 Å². The number of nitrogens with one attached hydrogen (secondary N) is 1. The zero-order chi connectivity index (χ0) is 15.0. The fourth-order valence-electron chi connectivity index (χ4n) is 2.67. The maximum Gasteiger partial charge on any atom is 0.326 e. The molecule has 2 saturated heterocycles. The Morgan fingerprint density at radius 1 is 1.52 bits per heavy atom. The molecule has 1 spiro atoms. The van der Waals surface area contributed by atoms with Crippen LogP contribution in [0.1, 0.15) is 12.0 Å². The van der Waals surface area contributed by atoms with Crippen LogP contribution in [0.5, 0.6) is 0 Å². The van der Waals surface area contributed by atoms with Crippen LogP contribution in [0.2, 0.25) is 0 Å². The maximum absolute atomic E-state index is 12.5. The second-order valence-electron chi connectivity index (χ2n) is 5.46. The number of amides is 3. The summed E-state index contributed by atoms with van der Waals surface area (Å²) >= 11 is 6.79. The highest BCUT2D eigenvalue weighted by atomic mass is 79.9. The van der Waals surface area contributed by atoms with Crippen molar-refractivity contribution in [2.45, 2.75) is 18.5 Å². The van der Waals surface area contributed by atoms with E-state index in [2.05, 4.69) is 32.7 Å². The van der Waals surface area contributed by atoms with E-state index < -0.39 is 5.54 Å². The Bertz CT molecular complexity index is 572. The first-order valence-electron chi connectivity index (χ1n) is 6.63. The van der Waals surface area contributed by atoms with Gasteiger partial charge in [0.25, 0.3) is 5.91 Å². The van der Waals surface area contributed by atoms with E-state index in [1.807, 2.05) is 11.9 Å². The van der Waals surface area contributed by atoms with Crippen molar-refractivity contribution in [1.29, 1.82) is 0 Å². The predicted octanol–water partition coefficient (Wildman–Crippen LogP) is 2.33. The number of halogens is 1. The van der Waals surface area contributed by atoms with Gasteiger partial charge in [-0.05, 0) is 52.2 Å². The van der Waals surface area contributed by atoms with E-state index in [1.54, 1.807) is 23.1 Å². The lowest BCUT2D eigenvalue weighted by Crippen LogP contribution is -2.47. The molecule has 0 bridgehead atoms. The van der Waals surface area contributed by atoms with Crippen LogP contribution in [0, 0.1) is 0 Å². The monoisotopic (exact) mass is 389 g/mol. The largest absolute Gasteiger partial charge is 0.326 e. The summed E-state index contributed by atoms with van der Waals surface area (Å²) in [5.74, 6) is 1.55. The number of imide groups is 1. The summed E-state index contributed by atoms with van der Waals surface area (Å²) in [5.41, 5.74) is 0.529. The summed E-state index contributed by atoms with van der Waals surface area (Å²) in [6.45, 7) is 1.03. The zero-order valence-corrected chi connectivity index (χ0v) is 14.8. The summed E-state index contributed by atoms with van der Waals surface area (Å²) < 4.78 is 1.09. The van der Waals surface area contributed by atoms with Crippen LogP contribution in [-0.4, -0.2) is 52.5 Å². The van der Waals surface area contributed by atoms with E-state index in [-0.39, 0.29) is 11.9 Å². The summed E-state index contributed by atoms with van der Waals surface area (Å²) in [6, 6.07) is 1.79. The van der Waals surface area contributed by atoms with Gasteiger partial charge in [0.05, 0.1) is 10.5 Å². The van der Waals surface area contributed by atoms with Crippen LogP contribution >= 0.6 is 39.0 Å². The lowest BCUT2D eigenvalue weighted by atomic mass is 10.00. The van der Waals surface area contributed by atoms with E-state index in [0.717, 1.165) is 16.0 Å². The van der Waals surface area contributed by atoms with Gasteiger partial charge in [-0.3, -0.25) is 9.69 Å². The SMILES string of the molecule is CN(Cc1csc(Br)c1)CN1C(=O)NC2(CCSC2)C1=O. The lowest BCUT2D eigenvalue weighted by molar-refractivity contribution is -0.131. The van der Waals surface area contributed by atoms with Gasteiger partial charge in [-0.25, -0.2) is 9.69 Å². The second-order valence-corrected chi connectivity index (χ2v) is 8.86. The van der Waals surface area contributed by atoms with Gasteiger partial charge in [-0.15, -0.1) is 11.3 Å². The average molecular weight is 390 g/mol. The smallest absolute Gasteiger partial charge is 0.322 e. The minimum absolute atomic E-state index is 0.0733. The van der Waals surface area contributed by atoms with Crippen molar-refractivity contribution < 1.29 is 9.59 Å². The van der Waals surface area contributed by atoms with Crippen molar-refractivity contribution in [1.82, 2.24) is 15.1 Å². The quantitative estimate of drug-likeness (QED) is 0.802. The van der Waals surface area contributed by atoms with Gasteiger partial charge in [-0.2, -0.15) is 11.8 Å². The van der Waals surface area contributed by atoms with Gasteiger partial charge in [0.15, 0.2) is 0 Å². The van der Waals surface area contributed by atoms with Crippen molar-refractivity contribution in [2.24, 2.45) is 0 Å². The molecule has 1 aromatic heterocycles. The van der Waals surface area contributed by atoms with E-state index in [4.69, 9.17) is 0 Å².